The highest BCUT2D eigenvalue weighted by Gasteiger charge is 2.14. The number of amides is 2. The summed E-state index contributed by atoms with van der Waals surface area (Å²) >= 11 is 0. The summed E-state index contributed by atoms with van der Waals surface area (Å²) in [6.07, 6.45) is 7.06. The van der Waals surface area contributed by atoms with Crippen LogP contribution in [-0.4, -0.2) is 100 Å². The molecule has 0 fully saturated rings. The predicted octanol–water partition coefficient (Wildman–Crippen LogP) is 0.505. The number of quaternary nitrogens is 1. The number of unbranched alkanes of at least 4 members (excludes halogenated alkanes) is 2. The van der Waals surface area contributed by atoms with Gasteiger partial charge in [-0.2, -0.15) is 0 Å². The van der Waals surface area contributed by atoms with E-state index in [1.165, 1.54) is 13.8 Å². The molecule has 2 amide bonds. The van der Waals surface area contributed by atoms with E-state index in [9.17, 15) is 28.8 Å². The van der Waals surface area contributed by atoms with Crippen LogP contribution in [-0.2, 0) is 28.8 Å². The Kier molecular flexibility index (Phi) is 34.9. The normalized spacial score (nSPS) is 12.8. The Bertz CT molecular complexity index is 812. The molecule has 0 radical (unpaired) electrons. The van der Waals surface area contributed by atoms with Gasteiger partial charge in [0.2, 0.25) is 11.8 Å². The average Bonchev–Trinajstić information content (AvgIpc) is 2.93. The molecule has 0 rings (SSSR count). The monoisotopic (exact) mass is 634 g/mol. The first kappa shape index (κ1) is 48.3. The van der Waals surface area contributed by atoms with Crippen LogP contribution in [0, 0.1) is 0 Å². The lowest BCUT2D eigenvalue weighted by Gasteiger charge is -2.13. The van der Waals surface area contributed by atoms with Crippen LogP contribution in [0.1, 0.15) is 91.9 Å². The molecule has 0 aromatic heterocycles. The Labute approximate surface area is 265 Å². The van der Waals surface area contributed by atoms with Crippen molar-refractivity contribution in [1.82, 2.24) is 32.7 Å². The van der Waals surface area contributed by atoms with E-state index in [2.05, 4.69) is 26.6 Å². The maximum absolute atomic E-state index is 11.6. The molecule has 44 heavy (non-hydrogen) atoms. The summed E-state index contributed by atoms with van der Waals surface area (Å²) in [6, 6.07) is -0.542. The minimum absolute atomic E-state index is 0. The Morgan fingerprint density at radius 1 is 0.545 bits per heavy atom. The fourth-order valence-corrected chi connectivity index (χ4v) is 4.05. The largest absolute Gasteiger partial charge is 0.370 e. The number of Topliss-reactive ketones (excluding diaryl/α,β-unsaturated/α-hetero) is 4. The van der Waals surface area contributed by atoms with Crippen LogP contribution in [0.15, 0.2) is 0 Å². The molecule has 0 bridgehead atoms. The second-order valence-electron chi connectivity index (χ2n) is 10.5. The number of ketones is 4. The molecule has 260 valence electrons. The van der Waals surface area contributed by atoms with E-state index in [0.29, 0.717) is 32.4 Å². The number of hydrogen-bond acceptors (Lipinski definition) is 11. The van der Waals surface area contributed by atoms with Crippen LogP contribution in [0.3, 0.4) is 0 Å². The molecule has 0 saturated heterocycles. The minimum atomic E-state index is -0.369. The fraction of sp³-hybridized carbons (Fsp3) is 0.800. The highest BCUT2D eigenvalue weighted by Crippen LogP contribution is 2.03. The topological polar surface area (TPSA) is 251 Å². The van der Waals surface area contributed by atoms with E-state index < -0.39 is 0 Å². The number of nitrogens with two attached hydrogens (primary N) is 2. The Morgan fingerprint density at radius 3 is 1.20 bits per heavy atom. The molecule has 4 atom stereocenters. The van der Waals surface area contributed by atoms with Crippen molar-refractivity contribution in [2.45, 2.75) is 116 Å². The van der Waals surface area contributed by atoms with Gasteiger partial charge in [-0.25, -0.2) is 0 Å². The maximum atomic E-state index is 11.6. The van der Waals surface area contributed by atoms with Gasteiger partial charge in [-0.3, -0.25) is 28.8 Å². The smallest absolute Gasteiger partial charge is 0.220 e. The maximum Gasteiger partial charge on any atom is 0.220 e. The third-order valence-corrected chi connectivity index (χ3v) is 6.88. The molecule has 14 heteroatoms. The molecule has 0 aromatic rings. The summed E-state index contributed by atoms with van der Waals surface area (Å²) in [6.45, 7) is 7.53. The van der Waals surface area contributed by atoms with Gasteiger partial charge in [0.25, 0.3) is 0 Å². The van der Waals surface area contributed by atoms with Crippen molar-refractivity contribution in [3.05, 3.63) is 0 Å². The zero-order chi connectivity index (χ0) is 33.8. The van der Waals surface area contributed by atoms with E-state index in [0.717, 1.165) is 38.5 Å². The van der Waals surface area contributed by atoms with Crippen molar-refractivity contribution < 1.29 is 28.8 Å². The lowest BCUT2D eigenvalue weighted by Crippen LogP contribution is -2.34. The van der Waals surface area contributed by atoms with Crippen LogP contribution in [0.5, 0.6) is 0 Å². The van der Waals surface area contributed by atoms with Crippen LogP contribution < -0.4 is 44.2 Å². The first-order chi connectivity index (χ1) is 20.2. The van der Waals surface area contributed by atoms with Crippen LogP contribution in [0.4, 0.5) is 0 Å². The van der Waals surface area contributed by atoms with Crippen molar-refractivity contribution in [1.29, 1.82) is 0 Å². The summed E-state index contributed by atoms with van der Waals surface area (Å²) in [7, 11) is 7.00. The van der Waals surface area contributed by atoms with Gasteiger partial charge in [-0.1, -0.05) is 6.42 Å². The summed E-state index contributed by atoms with van der Waals surface area (Å²) in [4.78, 5) is 66.0. The van der Waals surface area contributed by atoms with Gasteiger partial charge in [0.15, 0.2) is 0 Å². The predicted molar refractivity (Wildman–Crippen MR) is 178 cm³/mol. The zero-order valence-corrected chi connectivity index (χ0v) is 28.9. The third kappa shape index (κ3) is 29.5. The molecule has 0 heterocycles. The van der Waals surface area contributed by atoms with E-state index in [1.807, 2.05) is 7.05 Å². The van der Waals surface area contributed by atoms with Crippen molar-refractivity contribution in [2.75, 3.05) is 41.3 Å². The molecule has 4 unspecified atom stereocenters. The molecular formula is C30H65N8O6+. The lowest BCUT2D eigenvalue weighted by atomic mass is 10.1. The number of hydrogen-bond donors (Lipinski definition) is 8. The highest BCUT2D eigenvalue weighted by atomic mass is 16.2. The van der Waals surface area contributed by atoms with Crippen molar-refractivity contribution >= 4 is 34.9 Å². The van der Waals surface area contributed by atoms with Gasteiger partial charge in [-0.05, 0) is 107 Å². The third-order valence-electron chi connectivity index (χ3n) is 6.88. The van der Waals surface area contributed by atoms with E-state index in [4.69, 9.17) is 11.5 Å². The SMILES string of the molecule is CNC(CCC(N)=O)C(C)=O.CNC(CCCCN)C(C)=O.CNC(CCCCNC(=O)CCC(NC)C(C)=O)C(C)=O.[NH4+]. The van der Waals surface area contributed by atoms with Crippen LogP contribution in [0.25, 0.3) is 0 Å². The fourth-order valence-electron chi connectivity index (χ4n) is 4.05. The van der Waals surface area contributed by atoms with Crippen molar-refractivity contribution in [3.63, 3.8) is 0 Å². The van der Waals surface area contributed by atoms with Gasteiger partial charge in [0.05, 0.1) is 24.2 Å². The molecule has 0 aliphatic heterocycles. The number of carbonyl (C=O) groups is 6. The van der Waals surface area contributed by atoms with Crippen LogP contribution in [0.2, 0.25) is 0 Å². The second-order valence-corrected chi connectivity index (χ2v) is 10.5. The Hall–Kier alpha value is -2.62. The summed E-state index contributed by atoms with van der Waals surface area (Å²) < 4.78 is 0. The van der Waals surface area contributed by atoms with Crippen LogP contribution >= 0.6 is 0 Å². The van der Waals surface area contributed by atoms with Gasteiger partial charge >= 0.3 is 0 Å². The summed E-state index contributed by atoms with van der Waals surface area (Å²) in [5, 5.41) is 14.5. The van der Waals surface area contributed by atoms with Gasteiger partial charge in [-0.15, -0.1) is 0 Å². The lowest BCUT2D eigenvalue weighted by molar-refractivity contribution is -0.123. The molecule has 0 aliphatic rings. The summed E-state index contributed by atoms with van der Waals surface area (Å²) in [5.74, 6) is 0.0366. The van der Waals surface area contributed by atoms with E-state index in [1.54, 1.807) is 35.0 Å². The Balaban J connectivity index is -0.000000295. The van der Waals surface area contributed by atoms with Gasteiger partial charge in [0.1, 0.15) is 23.1 Å². The molecule has 0 spiro atoms. The first-order valence-electron chi connectivity index (χ1n) is 15.2. The van der Waals surface area contributed by atoms with Crippen molar-refractivity contribution in [2.24, 2.45) is 11.5 Å². The quantitative estimate of drug-likeness (QED) is 0.0719. The number of carbonyl (C=O) groups excluding carboxylic acids is 6. The standard InChI is InChI=1S/C15H29N3O3.C8H18N2O.C7H14N2O2.H3N/c1-11(19)13(16-3)7-5-6-10-18-15(21)9-8-14(17-4)12(2)20;1-7(11)8(10-2)5-3-4-6-9;1-5(10)6(9-2)3-4-7(8)11;/h13-14,16-17H,5-10H2,1-4H3,(H,18,21);8,10H,3-6,9H2,1-2H3;6,9H,3-4H2,1-2H3,(H2,8,11);1H3/p+1. The molecule has 0 aromatic carbocycles. The molecular weight excluding hydrogens is 568 g/mol. The number of primary amides is 1. The summed E-state index contributed by atoms with van der Waals surface area (Å²) in [5.41, 5.74) is 10.2. The van der Waals surface area contributed by atoms with E-state index >= 15 is 0 Å². The molecule has 0 saturated carbocycles. The number of likely N-dealkylation sites (N-methyl/N-ethyl adjacent to an activating group) is 4. The van der Waals surface area contributed by atoms with Gasteiger partial charge in [0, 0.05) is 19.4 Å². The highest BCUT2D eigenvalue weighted by molar-refractivity contribution is 5.83. The number of nitrogens with one attached hydrogen (secondary N) is 5. The van der Waals surface area contributed by atoms with E-state index in [-0.39, 0.29) is 71.7 Å². The molecule has 0 aliphatic carbocycles. The average molecular weight is 634 g/mol. The minimum Gasteiger partial charge on any atom is -0.370 e. The molecule has 14 nitrogen and oxygen atoms in total. The zero-order valence-electron chi connectivity index (χ0n) is 28.9. The first-order valence-corrected chi connectivity index (χ1v) is 15.2. The van der Waals surface area contributed by atoms with Gasteiger partial charge < -0.3 is 44.2 Å². The molecule has 13 N–H and O–H groups in total. The Morgan fingerprint density at radius 2 is 0.886 bits per heavy atom. The van der Waals surface area contributed by atoms with Crippen molar-refractivity contribution in [3.8, 4) is 0 Å². The second kappa shape index (κ2) is 31.8. The number of rotatable bonds is 23.